The Morgan fingerprint density at radius 2 is 2.00 bits per heavy atom. The number of nitrogens with one attached hydrogen (secondary N) is 2. The summed E-state index contributed by atoms with van der Waals surface area (Å²) in [6.07, 6.45) is 1.75. The second kappa shape index (κ2) is 8.61. The number of carbonyl (C=O) groups is 2. The molecular weight excluding hydrogens is 378 g/mol. The van der Waals surface area contributed by atoms with E-state index in [-0.39, 0.29) is 28.9 Å². The van der Waals surface area contributed by atoms with Crippen LogP contribution < -0.4 is 10.9 Å². The lowest BCUT2D eigenvalue weighted by atomic mass is 9.97. The van der Waals surface area contributed by atoms with Gasteiger partial charge in [0.15, 0.2) is 0 Å². The summed E-state index contributed by atoms with van der Waals surface area (Å²) in [7, 11) is 0. The fraction of sp³-hybridized carbons (Fsp3) is 0.381. The summed E-state index contributed by atoms with van der Waals surface area (Å²) in [5.41, 5.74) is 1.89. The van der Waals surface area contributed by atoms with Gasteiger partial charge in [0.05, 0.1) is 10.6 Å². The summed E-state index contributed by atoms with van der Waals surface area (Å²) in [6, 6.07) is 8.55. The van der Waals surface area contributed by atoms with E-state index in [4.69, 9.17) is 11.6 Å². The van der Waals surface area contributed by atoms with Crippen molar-refractivity contribution in [1.82, 2.24) is 15.2 Å². The van der Waals surface area contributed by atoms with Gasteiger partial charge < -0.3 is 15.2 Å². The van der Waals surface area contributed by atoms with Gasteiger partial charge >= 0.3 is 0 Å². The predicted octanol–water partition coefficient (Wildman–Crippen LogP) is 2.93. The van der Waals surface area contributed by atoms with Gasteiger partial charge in [0, 0.05) is 25.3 Å². The number of halogens is 1. The van der Waals surface area contributed by atoms with Gasteiger partial charge in [0.25, 0.3) is 17.4 Å². The fourth-order valence-electron chi connectivity index (χ4n) is 3.45. The summed E-state index contributed by atoms with van der Waals surface area (Å²) in [6.45, 7) is 5.25. The van der Waals surface area contributed by atoms with Crippen LogP contribution in [0.1, 0.15) is 44.8 Å². The van der Waals surface area contributed by atoms with Crippen LogP contribution in [0.25, 0.3) is 0 Å². The van der Waals surface area contributed by atoms with Crippen LogP contribution in [-0.4, -0.2) is 41.3 Å². The number of nitrogens with zero attached hydrogens (tertiary/aromatic N) is 1. The number of amides is 2. The predicted molar refractivity (Wildman–Crippen MR) is 109 cm³/mol. The number of piperidine rings is 1. The van der Waals surface area contributed by atoms with Gasteiger partial charge in [-0.3, -0.25) is 14.4 Å². The first-order valence-electron chi connectivity index (χ1n) is 9.39. The molecule has 0 aliphatic carbocycles. The lowest BCUT2D eigenvalue weighted by molar-refractivity contribution is 0.0669. The van der Waals surface area contributed by atoms with Crippen molar-refractivity contribution in [2.24, 2.45) is 5.92 Å². The molecule has 1 aromatic carbocycles. The van der Waals surface area contributed by atoms with E-state index in [1.54, 1.807) is 35.2 Å². The van der Waals surface area contributed by atoms with Crippen molar-refractivity contribution in [2.45, 2.75) is 26.7 Å². The van der Waals surface area contributed by atoms with Crippen molar-refractivity contribution in [3.63, 3.8) is 0 Å². The zero-order valence-corrected chi connectivity index (χ0v) is 16.8. The Balaban J connectivity index is 1.63. The van der Waals surface area contributed by atoms with Crippen molar-refractivity contribution in [3.05, 3.63) is 68.1 Å². The van der Waals surface area contributed by atoms with Gasteiger partial charge in [-0.05, 0) is 56.4 Å². The first-order valence-corrected chi connectivity index (χ1v) is 9.77. The number of aromatic nitrogens is 1. The van der Waals surface area contributed by atoms with Gasteiger partial charge in [-0.15, -0.1) is 0 Å². The molecule has 1 aliphatic heterocycles. The molecule has 2 amide bonds. The number of hydrogen-bond acceptors (Lipinski definition) is 3. The summed E-state index contributed by atoms with van der Waals surface area (Å²) in [4.78, 5) is 41.8. The van der Waals surface area contributed by atoms with Crippen LogP contribution in [0.2, 0.25) is 5.02 Å². The Morgan fingerprint density at radius 3 is 2.75 bits per heavy atom. The number of rotatable bonds is 4. The zero-order valence-electron chi connectivity index (χ0n) is 16.0. The van der Waals surface area contributed by atoms with E-state index >= 15 is 0 Å². The highest BCUT2D eigenvalue weighted by Gasteiger charge is 2.26. The van der Waals surface area contributed by atoms with E-state index < -0.39 is 0 Å². The van der Waals surface area contributed by atoms with Crippen molar-refractivity contribution in [2.75, 3.05) is 19.6 Å². The summed E-state index contributed by atoms with van der Waals surface area (Å²) in [5, 5.41) is 3.32. The Morgan fingerprint density at radius 1 is 1.25 bits per heavy atom. The van der Waals surface area contributed by atoms with Gasteiger partial charge in [-0.2, -0.15) is 0 Å². The number of H-pyrrole nitrogens is 1. The van der Waals surface area contributed by atoms with Crippen LogP contribution in [0.5, 0.6) is 0 Å². The minimum Gasteiger partial charge on any atom is -0.352 e. The molecular formula is C21H24ClN3O3. The second-order valence-electron chi connectivity index (χ2n) is 7.27. The van der Waals surface area contributed by atoms with E-state index in [0.717, 1.165) is 24.1 Å². The molecule has 148 valence electrons. The first kappa shape index (κ1) is 20.1. The van der Waals surface area contributed by atoms with Gasteiger partial charge in [-0.1, -0.05) is 23.7 Å². The lowest BCUT2D eigenvalue weighted by Crippen LogP contribution is -2.45. The Bertz CT molecular complexity index is 954. The summed E-state index contributed by atoms with van der Waals surface area (Å²) in [5.74, 6) is -0.346. The van der Waals surface area contributed by atoms with Crippen LogP contribution in [0.15, 0.2) is 35.1 Å². The Labute approximate surface area is 168 Å². The minimum absolute atomic E-state index is 0.134. The number of aryl methyl sites for hydroxylation is 2. The van der Waals surface area contributed by atoms with Gasteiger partial charge in [0.2, 0.25) is 0 Å². The van der Waals surface area contributed by atoms with Crippen molar-refractivity contribution >= 4 is 23.4 Å². The molecule has 1 aliphatic rings. The maximum absolute atomic E-state index is 12.8. The van der Waals surface area contributed by atoms with Crippen molar-refractivity contribution in [3.8, 4) is 0 Å². The number of benzene rings is 1. The molecule has 0 saturated carbocycles. The molecule has 2 heterocycles. The highest BCUT2D eigenvalue weighted by atomic mass is 35.5. The summed E-state index contributed by atoms with van der Waals surface area (Å²) < 4.78 is 0. The van der Waals surface area contributed by atoms with Crippen LogP contribution >= 0.6 is 11.6 Å². The average Bonchev–Trinajstić information content (AvgIpc) is 2.69. The number of pyridine rings is 1. The molecule has 3 rings (SSSR count). The molecule has 1 saturated heterocycles. The van der Waals surface area contributed by atoms with E-state index in [1.807, 2.05) is 13.8 Å². The van der Waals surface area contributed by atoms with Crippen LogP contribution in [-0.2, 0) is 0 Å². The number of likely N-dealkylation sites (tertiary alicyclic amines) is 1. The third-order valence-electron chi connectivity index (χ3n) is 5.20. The average molecular weight is 402 g/mol. The molecule has 1 aromatic heterocycles. The quantitative estimate of drug-likeness (QED) is 0.826. The molecule has 0 spiro atoms. The lowest BCUT2D eigenvalue weighted by Gasteiger charge is -2.32. The van der Waals surface area contributed by atoms with Crippen LogP contribution in [0, 0.1) is 19.8 Å². The van der Waals surface area contributed by atoms with Crippen LogP contribution in [0.4, 0.5) is 0 Å². The monoisotopic (exact) mass is 401 g/mol. The normalized spacial score (nSPS) is 16.7. The van der Waals surface area contributed by atoms with E-state index in [0.29, 0.717) is 30.2 Å². The molecule has 1 fully saturated rings. The fourth-order valence-corrected chi connectivity index (χ4v) is 3.67. The number of aromatic amines is 1. The van der Waals surface area contributed by atoms with Gasteiger partial charge in [-0.25, -0.2) is 0 Å². The SMILES string of the molecule is Cc1cc(C(=O)N2CCC[C@H](CNC(=O)c3ccccc3Cl)C2)c(=O)[nH]c1C. The molecule has 1 atom stereocenters. The molecule has 2 aromatic rings. The standard InChI is InChI=1S/C21H24ClN3O3/c1-13-10-17(20(27)24-14(13)2)21(28)25-9-5-6-15(12-25)11-23-19(26)16-7-3-4-8-18(16)22/h3-4,7-8,10,15H,5-6,9,11-12H2,1-2H3,(H,23,26)(H,24,27)/t15-/m1/s1. The smallest absolute Gasteiger partial charge is 0.261 e. The second-order valence-corrected chi connectivity index (χ2v) is 7.68. The molecule has 7 heteroatoms. The minimum atomic E-state index is -0.359. The topological polar surface area (TPSA) is 82.3 Å². The largest absolute Gasteiger partial charge is 0.352 e. The number of hydrogen-bond donors (Lipinski definition) is 2. The highest BCUT2D eigenvalue weighted by molar-refractivity contribution is 6.33. The van der Waals surface area contributed by atoms with E-state index in [1.165, 1.54) is 0 Å². The Hall–Kier alpha value is -2.60. The van der Waals surface area contributed by atoms with Crippen molar-refractivity contribution in [1.29, 1.82) is 0 Å². The maximum atomic E-state index is 12.8. The highest BCUT2D eigenvalue weighted by Crippen LogP contribution is 2.19. The van der Waals surface area contributed by atoms with Crippen LogP contribution in [0.3, 0.4) is 0 Å². The maximum Gasteiger partial charge on any atom is 0.261 e. The molecule has 0 bridgehead atoms. The first-order chi connectivity index (χ1) is 13.4. The molecule has 0 radical (unpaired) electrons. The Kier molecular flexibility index (Phi) is 6.19. The van der Waals surface area contributed by atoms with Crippen molar-refractivity contribution < 1.29 is 9.59 Å². The third-order valence-corrected chi connectivity index (χ3v) is 5.53. The molecule has 28 heavy (non-hydrogen) atoms. The summed E-state index contributed by atoms with van der Waals surface area (Å²) >= 11 is 6.07. The molecule has 0 unspecified atom stereocenters. The van der Waals surface area contributed by atoms with E-state index in [9.17, 15) is 14.4 Å². The zero-order chi connectivity index (χ0) is 20.3. The number of carbonyl (C=O) groups excluding carboxylic acids is 2. The molecule has 2 N–H and O–H groups in total. The van der Waals surface area contributed by atoms with E-state index in [2.05, 4.69) is 10.3 Å². The molecule has 6 nitrogen and oxygen atoms in total. The van der Waals surface area contributed by atoms with Gasteiger partial charge in [0.1, 0.15) is 5.56 Å². The third kappa shape index (κ3) is 4.44.